The van der Waals surface area contributed by atoms with Gasteiger partial charge >= 0.3 is 0 Å². The van der Waals surface area contributed by atoms with Gasteiger partial charge in [0, 0.05) is 0 Å². The minimum Gasteiger partial charge on any atom is -0.155 e. The molecule has 0 radical (unpaired) electrons. The van der Waals surface area contributed by atoms with E-state index in [0.717, 1.165) is 0 Å². The topological polar surface area (TPSA) is 0 Å². The van der Waals surface area contributed by atoms with Crippen LogP contribution in [-0.4, -0.2) is 5.54 Å². The molecule has 2 heteroatoms. The molecule has 0 saturated carbocycles. The van der Waals surface area contributed by atoms with Gasteiger partial charge in [-0.2, -0.15) is 15.8 Å². The van der Waals surface area contributed by atoms with Crippen LogP contribution in [0.1, 0.15) is 0 Å². The van der Waals surface area contributed by atoms with Gasteiger partial charge in [0.2, 0.25) is 5.54 Å². The van der Waals surface area contributed by atoms with E-state index >= 15 is 0 Å². The molecule has 0 nitrogen and oxygen atoms in total. The Morgan fingerprint density at radius 3 is 1.42 bits per heavy atom. The molecule has 0 spiro atoms. The molecule has 0 aromatic carbocycles. The summed E-state index contributed by atoms with van der Waals surface area (Å²) in [4.78, 5) is 0. The van der Waals surface area contributed by atoms with E-state index in [4.69, 9.17) is 0 Å². The molecule has 0 amide bonds. The SMILES string of the molecule is BrB(C1C=CC=C1)C1C=CC=C1. The van der Waals surface area contributed by atoms with Gasteiger partial charge in [0.1, 0.15) is 0 Å². The lowest BCUT2D eigenvalue weighted by Gasteiger charge is -2.14. The van der Waals surface area contributed by atoms with Gasteiger partial charge in [0.05, 0.1) is 0 Å². The molecule has 0 N–H and O–H groups in total. The summed E-state index contributed by atoms with van der Waals surface area (Å²) in [6.45, 7) is 0. The van der Waals surface area contributed by atoms with E-state index in [1.54, 1.807) is 0 Å². The zero-order valence-electron chi connectivity index (χ0n) is 6.73. The van der Waals surface area contributed by atoms with Crippen molar-refractivity contribution in [3.63, 3.8) is 0 Å². The fourth-order valence-corrected chi connectivity index (χ4v) is 2.28. The summed E-state index contributed by atoms with van der Waals surface area (Å²) in [5, 5.41) is 0. The van der Waals surface area contributed by atoms with Crippen molar-refractivity contribution in [2.24, 2.45) is 0 Å². The van der Waals surface area contributed by atoms with E-state index in [9.17, 15) is 0 Å². The summed E-state index contributed by atoms with van der Waals surface area (Å²) < 4.78 is 0. The average molecular weight is 221 g/mol. The van der Waals surface area contributed by atoms with Crippen LogP contribution in [0.15, 0.2) is 48.6 Å². The molecule has 0 fully saturated rings. The van der Waals surface area contributed by atoms with E-state index in [1.807, 2.05) is 0 Å². The smallest absolute Gasteiger partial charge is 0.155 e. The second-order valence-corrected chi connectivity index (χ2v) is 4.20. The van der Waals surface area contributed by atoms with E-state index in [-0.39, 0.29) is 0 Å². The molecule has 2 rings (SSSR count). The summed E-state index contributed by atoms with van der Waals surface area (Å²) >= 11 is 3.73. The Kier molecular flexibility index (Phi) is 2.36. The van der Waals surface area contributed by atoms with Crippen LogP contribution in [0.2, 0.25) is 11.6 Å². The maximum atomic E-state index is 3.73. The van der Waals surface area contributed by atoms with Crippen molar-refractivity contribution in [1.29, 1.82) is 0 Å². The summed E-state index contributed by atoms with van der Waals surface area (Å²) in [6, 6.07) is 0. The third-order valence-corrected chi connectivity index (χ3v) is 3.51. The minimum absolute atomic E-state index is 0.516. The van der Waals surface area contributed by atoms with Crippen LogP contribution in [0.4, 0.5) is 0 Å². The molecule has 0 saturated heterocycles. The lowest BCUT2D eigenvalue weighted by molar-refractivity contribution is 1.27. The molecular weight excluding hydrogens is 211 g/mol. The molecule has 12 heavy (non-hydrogen) atoms. The standard InChI is InChI=1S/C10H10BBr/c12-11(9-5-1-2-6-9)10-7-3-4-8-10/h1-10H. The van der Waals surface area contributed by atoms with E-state index < -0.39 is 0 Å². The van der Waals surface area contributed by atoms with Crippen molar-refractivity contribution in [2.75, 3.05) is 0 Å². The van der Waals surface area contributed by atoms with E-state index in [0.29, 0.717) is 17.2 Å². The summed E-state index contributed by atoms with van der Waals surface area (Å²) in [5.74, 6) is 1.12. The molecule has 0 aromatic rings. The summed E-state index contributed by atoms with van der Waals surface area (Å²) in [5.41, 5.74) is 0.516. The molecule has 0 atom stereocenters. The predicted octanol–water partition coefficient (Wildman–Crippen LogP) is 3.37. The minimum atomic E-state index is 0.516. The Bertz CT molecular complexity index is 224. The molecule has 0 unspecified atom stereocenters. The van der Waals surface area contributed by atoms with Crippen LogP contribution < -0.4 is 0 Å². The molecular formula is C10H10BBr. The van der Waals surface area contributed by atoms with Crippen LogP contribution >= 0.6 is 15.8 Å². The second-order valence-electron chi connectivity index (χ2n) is 3.14. The highest BCUT2D eigenvalue weighted by molar-refractivity contribution is 9.24. The van der Waals surface area contributed by atoms with Gasteiger partial charge in [-0.1, -0.05) is 48.6 Å². The second kappa shape index (κ2) is 3.48. The van der Waals surface area contributed by atoms with Crippen LogP contribution in [-0.2, 0) is 0 Å². The van der Waals surface area contributed by atoms with Gasteiger partial charge in [0.25, 0.3) is 0 Å². The summed E-state index contributed by atoms with van der Waals surface area (Å²) in [6.07, 6.45) is 17.4. The van der Waals surface area contributed by atoms with Gasteiger partial charge in [0.15, 0.2) is 0 Å². The van der Waals surface area contributed by atoms with Gasteiger partial charge in [-0.15, -0.1) is 0 Å². The third-order valence-electron chi connectivity index (χ3n) is 2.29. The van der Waals surface area contributed by atoms with Crippen molar-refractivity contribution in [1.82, 2.24) is 0 Å². The van der Waals surface area contributed by atoms with Crippen molar-refractivity contribution >= 4 is 21.3 Å². The molecule has 0 heterocycles. The molecule has 2 aliphatic carbocycles. The first-order valence-corrected chi connectivity index (χ1v) is 5.13. The zero-order chi connectivity index (χ0) is 8.39. The van der Waals surface area contributed by atoms with Crippen LogP contribution in [0, 0.1) is 0 Å². The third kappa shape index (κ3) is 1.49. The van der Waals surface area contributed by atoms with Crippen LogP contribution in [0.25, 0.3) is 0 Å². The Hall–Kier alpha value is -0.495. The highest BCUT2D eigenvalue weighted by Gasteiger charge is 2.26. The Morgan fingerprint density at radius 2 is 1.08 bits per heavy atom. The number of halogens is 1. The monoisotopic (exact) mass is 220 g/mol. The number of hydrogen-bond donors (Lipinski definition) is 0. The van der Waals surface area contributed by atoms with E-state index in [2.05, 4.69) is 64.4 Å². The molecule has 0 aliphatic heterocycles. The Balaban J connectivity index is 2.04. The number of hydrogen-bond acceptors (Lipinski definition) is 0. The number of allylic oxidation sites excluding steroid dienone is 8. The first-order chi connectivity index (χ1) is 5.88. The van der Waals surface area contributed by atoms with Crippen molar-refractivity contribution < 1.29 is 0 Å². The normalized spacial score (nSPS) is 21.4. The largest absolute Gasteiger partial charge is 0.244 e. The van der Waals surface area contributed by atoms with Crippen molar-refractivity contribution in [2.45, 2.75) is 11.6 Å². The Labute approximate surface area is 81.8 Å². The summed E-state index contributed by atoms with van der Waals surface area (Å²) in [7, 11) is 0. The fraction of sp³-hybridized carbons (Fsp3) is 0.200. The molecule has 0 aromatic heterocycles. The quantitative estimate of drug-likeness (QED) is 0.627. The van der Waals surface area contributed by atoms with Crippen molar-refractivity contribution in [3.8, 4) is 0 Å². The van der Waals surface area contributed by atoms with Crippen molar-refractivity contribution in [3.05, 3.63) is 48.6 Å². The first-order valence-electron chi connectivity index (χ1n) is 4.22. The van der Waals surface area contributed by atoms with E-state index in [1.165, 1.54) is 0 Å². The molecule has 0 bridgehead atoms. The van der Waals surface area contributed by atoms with Crippen LogP contribution in [0.3, 0.4) is 0 Å². The van der Waals surface area contributed by atoms with Gasteiger partial charge < -0.3 is 0 Å². The zero-order valence-corrected chi connectivity index (χ0v) is 8.31. The maximum Gasteiger partial charge on any atom is 0.244 e. The fourth-order valence-electron chi connectivity index (χ4n) is 1.58. The first kappa shape index (κ1) is 8.12. The Morgan fingerprint density at radius 1 is 0.750 bits per heavy atom. The number of rotatable bonds is 2. The molecule has 60 valence electrons. The molecule has 2 aliphatic rings. The average Bonchev–Trinajstić information content (AvgIpc) is 2.77. The lowest BCUT2D eigenvalue weighted by Crippen LogP contribution is -2.13. The maximum absolute atomic E-state index is 3.73. The van der Waals surface area contributed by atoms with Gasteiger partial charge in [-0.25, -0.2) is 0 Å². The predicted molar refractivity (Wildman–Crippen MR) is 58.7 cm³/mol. The highest BCUT2D eigenvalue weighted by atomic mass is 79.9. The van der Waals surface area contributed by atoms with Gasteiger partial charge in [-0.05, 0) is 11.6 Å². The lowest BCUT2D eigenvalue weighted by atomic mass is 9.55. The van der Waals surface area contributed by atoms with Crippen LogP contribution in [0.5, 0.6) is 0 Å². The van der Waals surface area contributed by atoms with Gasteiger partial charge in [-0.3, -0.25) is 0 Å². The highest BCUT2D eigenvalue weighted by Crippen LogP contribution is 2.34.